The van der Waals surface area contributed by atoms with Gasteiger partial charge in [0.1, 0.15) is 0 Å². The third kappa shape index (κ3) is 3.87. The van der Waals surface area contributed by atoms with Crippen molar-refractivity contribution in [3.05, 3.63) is 71.3 Å². The van der Waals surface area contributed by atoms with Crippen LogP contribution in [-0.4, -0.2) is 0 Å². The lowest BCUT2D eigenvalue weighted by atomic mass is 9.84. The highest BCUT2D eigenvalue weighted by atomic mass is 14.2. The minimum atomic E-state index is 0.175. The van der Waals surface area contributed by atoms with Gasteiger partial charge < -0.3 is 0 Å². The van der Waals surface area contributed by atoms with Crippen molar-refractivity contribution in [2.24, 2.45) is 5.41 Å². The second kappa shape index (κ2) is 6.81. The van der Waals surface area contributed by atoms with Crippen LogP contribution in [0.2, 0.25) is 0 Å². The average molecular weight is 319 g/mol. The molecule has 2 rings (SSSR count). The van der Waals surface area contributed by atoms with Gasteiger partial charge in [-0.1, -0.05) is 75.4 Å². The smallest absolute Gasteiger partial charge is 0.0106 e. The Morgan fingerprint density at radius 1 is 0.917 bits per heavy atom. The Labute approximate surface area is 147 Å². The highest BCUT2D eigenvalue weighted by Gasteiger charge is 2.15. The predicted octanol–water partition coefficient (Wildman–Crippen LogP) is 7.45. The summed E-state index contributed by atoms with van der Waals surface area (Å²) in [7, 11) is 0. The van der Waals surface area contributed by atoms with Crippen LogP contribution in [0, 0.1) is 19.3 Å². The van der Waals surface area contributed by atoms with E-state index in [1.807, 2.05) is 0 Å². The summed E-state index contributed by atoms with van der Waals surface area (Å²) in [5, 5.41) is 0. The summed E-state index contributed by atoms with van der Waals surface area (Å²) in [5.74, 6) is 0. The van der Waals surface area contributed by atoms with Crippen LogP contribution in [0.25, 0.3) is 22.3 Å². The van der Waals surface area contributed by atoms with Crippen molar-refractivity contribution >= 4 is 11.1 Å². The van der Waals surface area contributed by atoms with Gasteiger partial charge in [-0.2, -0.15) is 0 Å². The standard InChI is InChI=1S/C24H30/c1-16(2)20-11-9-10-12-22(20)21-14-13-17(3)23(19(21)5)18(4)15-24(6,7)8/h9-15H,1H2,2-8H3/b18-15-. The van der Waals surface area contributed by atoms with Crippen LogP contribution < -0.4 is 0 Å². The van der Waals surface area contributed by atoms with Crippen molar-refractivity contribution in [1.82, 2.24) is 0 Å². The van der Waals surface area contributed by atoms with Crippen LogP contribution in [0.5, 0.6) is 0 Å². The molecule has 0 N–H and O–H groups in total. The minimum absolute atomic E-state index is 0.175. The average Bonchev–Trinajstić information content (AvgIpc) is 2.45. The van der Waals surface area contributed by atoms with Gasteiger partial charge in [0.2, 0.25) is 0 Å². The van der Waals surface area contributed by atoms with Gasteiger partial charge in [-0.3, -0.25) is 0 Å². The molecule has 0 amide bonds. The Bertz CT molecular complexity index is 795. The number of benzene rings is 2. The molecule has 2 aromatic rings. The molecule has 0 atom stereocenters. The molecular weight excluding hydrogens is 288 g/mol. The van der Waals surface area contributed by atoms with E-state index in [0.717, 1.165) is 5.57 Å². The molecule has 0 radical (unpaired) electrons. The molecule has 0 nitrogen and oxygen atoms in total. The van der Waals surface area contributed by atoms with Crippen molar-refractivity contribution < 1.29 is 0 Å². The molecule has 0 aliphatic rings. The van der Waals surface area contributed by atoms with Crippen LogP contribution in [0.4, 0.5) is 0 Å². The van der Waals surface area contributed by atoms with E-state index in [-0.39, 0.29) is 5.41 Å². The summed E-state index contributed by atoms with van der Waals surface area (Å²) < 4.78 is 0. The van der Waals surface area contributed by atoms with E-state index in [9.17, 15) is 0 Å². The van der Waals surface area contributed by atoms with Gasteiger partial charge >= 0.3 is 0 Å². The Hall–Kier alpha value is -2.08. The van der Waals surface area contributed by atoms with Gasteiger partial charge in [0.25, 0.3) is 0 Å². The number of hydrogen-bond acceptors (Lipinski definition) is 0. The summed E-state index contributed by atoms with van der Waals surface area (Å²) in [6.07, 6.45) is 2.37. The highest BCUT2D eigenvalue weighted by Crippen LogP contribution is 2.36. The molecule has 0 heterocycles. The monoisotopic (exact) mass is 318 g/mol. The van der Waals surface area contributed by atoms with E-state index in [0.29, 0.717) is 0 Å². The van der Waals surface area contributed by atoms with E-state index in [2.05, 4.69) is 97.5 Å². The van der Waals surface area contributed by atoms with E-state index in [1.54, 1.807) is 0 Å². The maximum Gasteiger partial charge on any atom is -0.0106 e. The molecule has 0 unspecified atom stereocenters. The lowest BCUT2D eigenvalue weighted by molar-refractivity contribution is 0.545. The van der Waals surface area contributed by atoms with Gasteiger partial charge in [-0.05, 0) is 72.1 Å². The molecule has 2 aromatic carbocycles. The first-order valence-corrected chi connectivity index (χ1v) is 8.67. The number of allylic oxidation sites excluding steroid dienone is 3. The zero-order valence-electron chi connectivity index (χ0n) is 16.2. The third-order valence-corrected chi connectivity index (χ3v) is 4.39. The van der Waals surface area contributed by atoms with Crippen molar-refractivity contribution in [3.63, 3.8) is 0 Å². The summed E-state index contributed by atoms with van der Waals surface area (Å²) in [6, 6.07) is 13.1. The fourth-order valence-electron chi connectivity index (χ4n) is 3.56. The van der Waals surface area contributed by atoms with Crippen LogP contribution in [0.1, 0.15) is 56.9 Å². The maximum absolute atomic E-state index is 4.15. The van der Waals surface area contributed by atoms with Crippen LogP contribution in [0.3, 0.4) is 0 Å². The molecule has 0 heteroatoms. The van der Waals surface area contributed by atoms with Gasteiger partial charge in [-0.15, -0.1) is 0 Å². The van der Waals surface area contributed by atoms with E-state index in [4.69, 9.17) is 0 Å². The fourth-order valence-corrected chi connectivity index (χ4v) is 3.56. The zero-order chi connectivity index (χ0) is 18.1. The fraction of sp³-hybridized carbons (Fsp3) is 0.333. The minimum Gasteiger partial charge on any atom is -0.0955 e. The highest BCUT2D eigenvalue weighted by molar-refractivity contribution is 5.84. The Morgan fingerprint density at radius 2 is 1.54 bits per heavy atom. The molecule has 0 aromatic heterocycles. The van der Waals surface area contributed by atoms with Crippen LogP contribution >= 0.6 is 0 Å². The molecule has 24 heavy (non-hydrogen) atoms. The lowest BCUT2D eigenvalue weighted by Crippen LogP contribution is -2.02. The molecule has 0 saturated heterocycles. The Balaban J connectivity index is 2.71. The summed E-state index contributed by atoms with van der Waals surface area (Å²) >= 11 is 0. The van der Waals surface area contributed by atoms with Crippen molar-refractivity contribution in [2.45, 2.75) is 48.5 Å². The van der Waals surface area contributed by atoms with Crippen molar-refractivity contribution in [1.29, 1.82) is 0 Å². The van der Waals surface area contributed by atoms with Crippen LogP contribution in [-0.2, 0) is 0 Å². The summed E-state index contributed by atoms with van der Waals surface area (Å²) in [5.41, 5.74) is 10.5. The van der Waals surface area contributed by atoms with Gasteiger partial charge in [-0.25, -0.2) is 0 Å². The lowest BCUT2D eigenvalue weighted by Gasteiger charge is -2.20. The van der Waals surface area contributed by atoms with Gasteiger partial charge in [0.05, 0.1) is 0 Å². The second-order valence-corrected chi connectivity index (χ2v) is 7.95. The molecule has 126 valence electrons. The quantitative estimate of drug-likeness (QED) is 0.551. The summed E-state index contributed by atoms with van der Waals surface area (Å²) in [6.45, 7) is 19.7. The molecule has 0 spiro atoms. The first-order valence-electron chi connectivity index (χ1n) is 8.67. The second-order valence-electron chi connectivity index (χ2n) is 7.95. The predicted molar refractivity (Wildman–Crippen MR) is 109 cm³/mol. The Kier molecular flexibility index (Phi) is 5.18. The number of rotatable bonds is 3. The molecule has 0 aliphatic carbocycles. The van der Waals surface area contributed by atoms with Crippen molar-refractivity contribution in [3.8, 4) is 11.1 Å². The SMILES string of the molecule is C=C(C)c1ccccc1-c1ccc(C)c(/C(C)=C\C(C)(C)C)c1C. The number of aryl methyl sites for hydroxylation is 1. The van der Waals surface area contributed by atoms with Gasteiger partial charge in [0, 0.05) is 0 Å². The molecule has 0 saturated carbocycles. The van der Waals surface area contributed by atoms with E-state index < -0.39 is 0 Å². The van der Waals surface area contributed by atoms with Crippen LogP contribution in [0.15, 0.2) is 49.1 Å². The molecule has 0 fully saturated rings. The topological polar surface area (TPSA) is 0 Å². The summed E-state index contributed by atoms with van der Waals surface area (Å²) in [4.78, 5) is 0. The third-order valence-electron chi connectivity index (χ3n) is 4.39. The normalized spacial score (nSPS) is 12.4. The maximum atomic E-state index is 4.15. The first-order chi connectivity index (χ1) is 11.1. The van der Waals surface area contributed by atoms with E-state index in [1.165, 1.54) is 39.0 Å². The molecule has 0 bridgehead atoms. The largest absolute Gasteiger partial charge is 0.0955 e. The molecule has 0 aliphatic heterocycles. The van der Waals surface area contributed by atoms with Gasteiger partial charge in [0.15, 0.2) is 0 Å². The molecular formula is C24H30. The van der Waals surface area contributed by atoms with E-state index >= 15 is 0 Å². The number of hydrogen-bond donors (Lipinski definition) is 0. The first kappa shape index (κ1) is 18.3. The Morgan fingerprint density at radius 3 is 2.12 bits per heavy atom. The zero-order valence-corrected chi connectivity index (χ0v) is 16.2. The van der Waals surface area contributed by atoms with Crippen molar-refractivity contribution in [2.75, 3.05) is 0 Å².